The van der Waals surface area contributed by atoms with E-state index in [0.29, 0.717) is 22.6 Å². The van der Waals surface area contributed by atoms with Gasteiger partial charge in [0.05, 0.1) is 5.69 Å². The molecule has 2 atom stereocenters. The van der Waals surface area contributed by atoms with E-state index in [0.717, 1.165) is 12.3 Å². The van der Waals surface area contributed by atoms with E-state index in [-0.39, 0.29) is 12.2 Å². The lowest BCUT2D eigenvalue weighted by Gasteiger charge is -2.56. The molecule has 1 aromatic heterocycles. The normalized spacial score (nSPS) is 24.7. The predicted molar refractivity (Wildman–Crippen MR) is 87.3 cm³/mol. The zero-order valence-electron chi connectivity index (χ0n) is 14.5. The van der Waals surface area contributed by atoms with Crippen molar-refractivity contribution in [3.63, 3.8) is 0 Å². The van der Waals surface area contributed by atoms with Gasteiger partial charge in [-0.15, -0.1) is 0 Å². The van der Waals surface area contributed by atoms with E-state index < -0.39 is 11.5 Å². The SMILES string of the molecule is Cc1nn(C)c(=O)c(C(=O)OCC2=CC[C@H]3C[C@H]2C3(C)C)c1C. The van der Waals surface area contributed by atoms with Crippen LogP contribution in [0.25, 0.3) is 0 Å². The summed E-state index contributed by atoms with van der Waals surface area (Å²) < 4.78 is 6.67. The van der Waals surface area contributed by atoms with Crippen molar-refractivity contribution in [1.29, 1.82) is 0 Å². The van der Waals surface area contributed by atoms with Crippen molar-refractivity contribution in [2.24, 2.45) is 24.3 Å². The summed E-state index contributed by atoms with van der Waals surface area (Å²) in [5.41, 5.74) is 2.46. The van der Waals surface area contributed by atoms with Crippen LogP contribution >= 0.6 is 0 Å². The highest BCUT2D eigenvalue weighted by Crippen LogP contribution is 2.59. The molecule has 4 rings (SSSR count). The number of esters is 1. The molecule has 1 aromatic rings. The van der Waals surface area contributed by atoms with Gasteiger partial charge < -0.3 is 4.74 Å². The summed E-state index contributed by atoms with van der Waals surface area (Å²) in [6.45, 7) is 8.37. The lowest BCUT2D eigenvalue weighted by Crippen LogP contribution is -2.48. The van der Waals surface area contributed by atoms with Crippen molar-refractivity contribution in [3.8, 4) is 0 Å². The monoisotopic (exact) mass is 316 g/mol. The molecule has 1 fully saturated rings. The Morgan fingerprint density at radius 2 is 2.13 bits per heavy atom. The Hall–Kier alpha value is -1.91. The Kier molecular flexibility index (Phi) is 3.69. The summed E-state index contributed by atoms with van der Waals surface area (Å²) in [6.07, 6.45) is 4.46. The van der Waals surface area contributed by atoms with Crippen LogP contribution in [0.5, 0.6) is 0 Å². The smallest absolute Gasteiger partial charge is 0.344 e. The molecule has 3 aliphatic rings. The van der Waals surface area contributed by atoms with Gasteiger partial charge in [-0.1, -0.05) is 19.9 Å². The zero-order valence-corrected chi connectivity index (χ0v) is 14.5. The molecule has 2 bridgehead atoms. The summed E-state index contributed by atoms with van der Waals surface area (Å²) in [5, 5.41) is 4.09. The van der Waals surface area contributed by atoms with Crippen LogP contribution in [0.4, 0.5) is 0 Å². The van der Waals surface area contributed by atoms with Crippen LogP contribution in [0.15, 0.2) is 16.4 Å². The molecule has 0 amide bonds. The Morgan fingerprint density at radius 1 is 1.43 bits per heavy atom. The third-order valence-electron chi connectivity index (χ3n) is 5.88. The van der Waals surface area contributed by atoms with E-state index in [1.54, 1.807) is 20.9 Å². The quantitative estimate of drug-likeness (QED) is 0.635. The standard InChI is InChI=1S/C18H24N2O3/c1-10-11(2)19-20(5)16(21)15(10)17(22)23-9-12-6-7-13-8-14(12)18(13,3)4/h6,13-14H,7-9H2,1-5H3/t13-,14+/m0/s1. The van der Waals surface area contributed by atoms with Gasteiger partial charge in [-0.05, 0) is 55.1 Å². The highest BCUT2D eigenvalue weighted by Gasteiger charge is 2.51. The molecule has 3 aliphatic carbocycles. The number of ether oxygens (including phenoxy) is 1. The molecule has 0 unspecified atom stereocenters. The first-order valence-corrected chi connectivity index (χ1v) is 8.14. The zero-order chi connectivity index (χ0) is 16.9. The van der Waals surface area contributed by atoms with E-state index in [9.17, 15) is 9.59 Å². The number of hydrogen-bond donors (Lipinski definition) is 0. The molecule has 5 heteroatoms. The number of carbonyl (C=O) groups excluding carboxylic acids is 1. The molecule has 0 aliphatic heterocycles. The Bertz CT molecular complexity index is 758. The molecule has 0 N–H and O–H groups in total. The maximum absolute atomic E-state index is 12.4. The van der Waals surface area contributed by atoms with Crippen LogP contribution in [-0.2, 0) is 11.8 Å². The first-order chi connectivity index (χ1) is 10.7. The molecule has 23 heavy (non-hydrogen) atoms. The molecule has 1 saturated carbocycles. The molecular weight excluding hydrogens is 292 g/mol. The van der Waals surface area contributed by atoms with Gasteiger partial charge in [0.1, 0.15) is 12.2 Å². The van der Waals surface area contributed by atoms with Crippen molar-refractivity contribution in [2.45, 2.75) is 40.5 Å². The molecule has 0 radical (unpaired) electrons. The van der Waals surface area contributed by atoms with Crippen LogP contribution in [0.3, 0.4) is 0 Å². The van der Waals surface area contributed by atoms with E-state index in [1.165, 1.54) is 16.7 Å². The Balaban J connectivity index is 1.77. The Labute approximate surface area is 136 Å². The highest BCUT2D eigenvalue weighted by atomic mass is 16.5. The number of rotatable bonds is 3. The van der Waals surface area contributed by atoms with Gasteiger partial charge in [0.15, 0.2) is 0 Å². The first-order valence-electron chi connectivity index (χ1n) is 8.14. The molecular formula is C18H24N2O3. The molecule has 1 heterocycles. The second-order valence-corrected chi connectivity index (χ2v) is 7.41. The summed E-state index contributed by atoms with van der Waals surface area (Å²) >= 11 is 0. The highest BCUT2D eigenvalue weighted by molar-refractivity contribution is 5.90. The van der Waals surface area contributed by atoms with Crippen LogP contribution in [0.1, 0.15) is 48.3 Å². The fourth-order valence-corrected chi connectivity index (χ4v) is 3.95. The second kappa shape index (κ2) is 5.32. The number of fused-ring (bicyclic) bond motifs is 1. The van der Waals surface area contributed by atoms with Crippen molar-refractivity contribution in [1.82, 2.24) is 9.78 Å². The van der Waals surface area contributed by atoms with Gasteiger partial charge in [-0.2, -0.15) is 5.10 Å². The van der Waals surface area contributed by atoms with Crippen molar-refractivity contribution < 1.29 is 9.53 Å². The van der Waals surface area contributed by atoms with Gasteiger partial charge in [0, 0.05) is 7.05 Å². The minimum absolute atomic E-state index is 0.0992. The number of aromatic nitrogens is 2. The average Bonchev–Trinajstić information content (AvgIpc) is 2.51. The Morgan fingerprint density at radius 3 is 2.74 bits per heavy atom. The summed E-state index contributed by atoms with van der Waals surface area (Å²) in [4.78, 5) is 24.6. The summed E-state index contributed by atoms with van der Waals surface area (Å²) in [7, 11) is 1.55. The molecule has 124 valence electrons. The predicted octanol–water partition coefficient (Wildman–Crippen LogP) is 2.55. The third kappa shape index (κ3) is 2.42. The largest absolute Gasteiger partial charge is 0.457 e. The van der Waals surface area contributed by atoms with Crippen LogP contribution in [0.2, 0.25) is 0 Å². The first kappa shape index (κ1) is 16.0. The second-order valence-electron chi connectivity index (χ2n) is 7.41. The minimum Gasteiger partial charge on any atom is -0.457 e. The van der Waals surface area contributed by atoms with Crippen LogP contribution in [-0.4, -0.2) is 22.4 Å². The van der Waals surface area contributed by atoms with E-state index >= 15 is 0 Å². The van der Waals surface area contributed by atoms with Gasteiger partial charge in [0.2, 0.25) is 0 Å². The maximum Gasteiger partial charge on any atom is 0.344 e. The van der Waals surface area contributed by atoms with Gasteiger partial charge in [-0.25, -0.2) is 9.48 Å². The maximum atomic E-state index is 12.4. The fraction of sp³-hybridized carbons (Fsp3) is 0.611. The van der Waals surface area contributed by atoms with Gasteiger partial charge in [0.25, 0.3) is 5.56 Å². The van der Waals surface area contributed by atoms with Crippen molar-refractivity contribution in [3.05, 3.63) is 38.8 Å². The molecule has 0 aromatic carbocycles. The molecule has 5 nitrogen and oxygen atoms in total. The number of aryl methyl sites for hydroxylation is 2. The minimum atomic E-state index is -0.547. The fourth-order valence-electron chi connectivity index (χ4n) is 3.95. The van der Waals surface area contributed by atoms with Crippen LogP contribution < -0.4 is 5.56 Å². The van der Waals surface area contributed by atoms with E-state index in [1.807, 2.05) is 0 Å². The van der Waals surface area contributed by atoms with Crippen molar-refractivity contribution in [2.75, 3.05) is 6.61 Å². The average molecular weight is 316 g/mol. The van der Waals surface area contributed by atoms with E-state index in [2.05, 4.69) is 25.0 Å². The lowest BCUT2D eigenvalue weighted by molar-refractivity contribution is -0.0155. The lowest BCUT2D eigenvalue weighted by atomic mass is 9.49. The van der Waals surface area contributed by atoms with E-state index in [4.69, 9.17) is 4.74 Å². The number of hydrogen-bond acceptors (Lipinski definition) is 4. The number of allylic oxidation sites excluding steroid dienone is 1. The summed E-state index contributed by atoms with van der Waals surface area (Å²) in [5.74, 6) is 0.704. The molecule has 0 saturated heterocycles. The third-order valence-corrected chi connectivity index (χ3v) is 5.88. The van der Waals surface area contributed by atoms with Gasteiger partial charge >= 0.3 is 5.97 Å². The summed E-state index contributed by atoms with van der Waals surface area (Å²) in [6, 6.07) is 0. The van der Waals surface area contributed by atoms with Gasteiger partial charge in [-0.3, -0.25) is 4.79 Å². The topological polar surface area (TPSA) is 61.2 Å². The van der Waals surface area contributed by atoms with Crippen molar-refractivity contribution >= 4 is 5.97 Å². The number of carbonyl (C=O) groups is 1. The molecule has 0 spiro atoms. The van der Waals surface area contributed by atoms with Crippen LogP contribution in [0, 0.1) is 31.1 Å². The number of nitrogens with zero attached hydrogens (tertiary/aromatic N) is 2.